The van der Waals surface area contributed by atoms with E-state index in [0.29, 0.717) is 0 Å². The minimum atomic E-state index is -1.09. The summed E-state index contributed by atoms with van der Waals surface area (Å²) in [6, 6.07) is 4.13. The molecule has 0 aliphatic heterocycles. The van der Waals surface area contributed by atoms with E-state index < -0.39 is 23.5 Å². The zero-order chi connectivity index (χ0) is 15.3. The summed E-state index contributed by atoms with van der Waals surface area (Å²) < 4.78 is 12.7. The van der Waals surface area contributed by atoms with E-state index in [-0.39, 0.29) is 12.4 Å². The average Bonchev–Trinajstić information content (AvgIpc) is 2.33. The number of benzene rings is 1. The number of rotatable bonds is 4. The average molecular weight is 282 g/mol. The zero-order valence-corrected chi connectivity index (χ0v) is 11.7. The van der Waals surface area contributed by atoms with Gasteiger partial charge in [0, 0.05) is 6.54 Å². The van der Waals surface area contributed by atoms with Crippen molar-refractivity contribution in [2.45, 2.75) is 33.4 Å². The van der Waals surface area contributed by atoms with Gasteiger partial charge in [-0.3, -0.25) is 0 Å². The lowest BCUT2D eigenvalue weighted by molar-refractivity contribution is -0.141. The van der Waals surface area contributed by atoms with E-state index in [9.17, 15) is 14.0 Å². The molecule has 110 valence electrons. The number of carboxylic acid groups (broad SMARTS) is 1. The Kier molecular flexibility index (Phi) is 5.07. The smallest absolute Gasteiger partial charge is 0.326 e. The van der Waals surface area contributed by atoms with Gasteiger partial charge in [-0.2, -0.15) is 0 Å². The van der Waals surface area contributed by atoms with E-state index in [1.165, 1.54) is 12.1 Å². The largest absolute Gasteiger partial charge is 0.480 e. The summed E-state index contributed by atoms with van der Waals surface area (Å²) in [5.74, 6) is -1.44. The molecule has 1 aromatic rings. The number of nitrogens with one attached hydrogen (secondary N) is 2. The van der Waals surface area contributed by atoms with Crippen LogP contribution in [0.2, 0.25) is 0 Å². The molecular formula is C14H19FN2O3. The fraction of sp³-hybridized carbons (Fsp3) is 0.429. The Morgan fingerprint density at radius 1 is 1.25 bits per heavy atom. The molecule has 1 atom stereocenters. The molecule has 0 aliphatic rings. The fourth-order valence-corrected chi connectivity index (χ4v) is 1.62. The van der Waals surface area contributed by atoms with Crippen LogP contribution >= 0.6 is 0 Å². The zero-order valence-electron chi connectivity index (χ0n) is 11.7. The van der Waals surface area contributed by atoms with Crippen LogP contribution in [0.4, 0.5) is 9.18 Å². The van der Waals surface area contributed by atoms with E-state index in [0.717, 1.165) is 5.56 Å². The molecule has 0 aliphatic carbocycles. The minimum absolute atomic E-state index is 0.197. The van der Waals surface area contributed by atoms with Gasteiger partial charge in [-0.25, -0.2) is 14.0 Å². The van der Waals surface area contributed by atoms with Crippen LogP contribution in [0, 0.1) is 11.2 Å². The van der Waals surface area contributed by atoms with E-state index >= 15 is 0 Å². The number of hydrogen-bond donors (Lipinski definition) is 3. The Bertz CT molecular complexity index is 480. The van der Waals surface area contributed by atoms with Gasteiger partial charge in [-0.15, -0.1) is 0 Å². The lowest BCUT2D eigenvalue weighted by Gasteiger charge is -2.27. The number of urea groups is 1. The molecule has 0 saturated heterocycles. The third-order valence-corrected chi connectivity index (χ3v) is 2.75. The van der Waals surface area contributed by atoms with Crippen molar-refractivity contribution in [3.8, 4) is 0 Å². The molecule has 0 heterocycles. The molecule has 2 amide bonds. The van der Waals surface area contributed by atoms with Gasteiger partial charge in [0.1, 0.15) is 11.9 Å². The minimum Gasteiger partial charge on any atom is -0.480 e. The van der Waals surface area contributed by atoms with Gasteiger partial charge in [-0.1, -0.05) is 32.9 Å². The van der Waals surface area contributed by atoms with Gasteiger partial charge < -0.3 is 15.7 Å². The third-order valence-electron chi connectivity index (χ3n) is 2.75. The lowest BCUT2D eigenvalue weighted by atomic mass is 9.87. The topological polar surface area (TPSA) is 78.4 Å². The summed E-state index contributed by atoms with van der Waals surface area (Å²) in [5, 5.41) is 14.0. The van der Waals surface area contributed by atoms with Crippen molar-refractivity contribution in [1.29, 1.82) is 0 Å². The van der Waals surface area contributed by atoms with Crippen LogP contribution in [0.1, 0.15) is 26.3 Å². The van der Waals surface area contributed by atoms with Crippen molar-refractivity contribution >= 4 is 12.0 Å². The second-order valence-electron chi connectivity index (χ2n) is 5.59. The third kappa shape index (κ3) is 4.87. The number of hydrogen-bond acceptors (Lipinski definition) is 2. The molecule has 1 rings (SSSR count). The Morgan fingerprint density at radius 3 is 2.25 bits per heavy atom. The Morgan fingerprint density at radius 2 is 1.80 bits per heavy atom. The number of aliphatic carboxylic acids is 1. The summed E-state index contributed by atoms with van der Waals surface area (Å²) in [6.45, 7) is 5.38. The first-order valence-corrected chi connectivity index (χ1v) is 6.22. The van der Waals surface area contributed by atoms with Crippen molar-refractivity contribution in [3.63, 3.8) is 0 Å². The molecule has 20 heavy (non-hydrogen) atoms. The first-order valence-electron chi connectivity index (χ1n) is 6.22. The van der Waals surface area contributed by atoms with Crippen molar-refractivity contribution in [2.75, 3.05) is 0 Å². The molecule has 1 aromatic carbocycles. The van der Waals surface area contributed by atoms with Crippen LogP contribution in [-0.4, -0.2) is 23.1 Å². The summed E-state index contributed by atoms with van der Waals surface area (Å²) in [7, 11) is 0. The highest BCUT2D eigenvalue weighted by Crippen LogP contribution is 2.19. The Balaban J connectivity index is 2.54. The highest BCUT2D eigenvalue weighted by molar-refractivity contribution is 5.83. The molecule has 5 nitrogen and oxygen atoms in total. The van der Waals surface area contributed by atoms with Crippen LogP contribution in [0.3, 0.4) is 0 Å². The maximum absolute atomic E-state index is 12.7. The van der Waals surface area contributed by atoms with Crippen LogP contribution in [0.5, 0.6) is 0 Å². The number of amides is 2. The second kappa shape index (κ2) is 6.36. The standard InChI is InChI=1S/C14H19FN2O3/c1-14(2,3)11(12(18)19)17-13(20)16-8-9-4-6-10(15)7-5-9/h4-7,11H,8H2,1-3H3,(H,18,19)(H2,16,17,20)/t11-/m1/s1. The van der Waals surface area contributed by atoms with Gasteiger partial charge >= 0.3 is 12.0 Å². The maximum atomic E-state index is 12.7. The fourth-order valence-electron chi connectivity index (χ4n) is 1.62. The van der Waals surface area contributed by atoms with E-state index in [1.54, 1.807) is 32.9 Å². The van der Waals surface area contributed by atoms with Gasteiger partial charge in [0.25, 0.3) is 0 Å². The number of carbonyl (C=O) groups is 2. The number of halogens is 1. The predicted molar refractivity (Wildman–Crippen MR) is 72.7 cm³/mol. The summed E-state index contributed by atoms with van der Waals surface area (Å²) in [5.41, 5.74) is 0.128. The van der Waals surface area contributed by atoms with E-state index in [1.807, 2.05) is 0 Å². The van der Waals surface area contributed by atoms with Gasteiger partial charge in [0.15, 0.2) is 0 Å². The predicted octanol–water partition coefficient (Wildman–Crippen LogP) is 2.12. The molecule has 0 spiro atoms. The van der Waals surface area contributed by atoms with Crippen molar-refractivity contribution in [1.82, 2.24) is 10.6 Å². The molecule has 0 saturated carbocycles. The van der Waals surface area contributed by atoms with Gasteiger partial charge in [0.05, 0.1) is 0 Å². The summed E-state index contributed by atoms with van der Waals surface area (Å²) in [6.07, 6.45) is 0. The van der Waals surface area contributed by atoms with Gasteiger partial charge in [0.2, 0.25) is 0 Å². The van der Waals surface area contributed by atoms with Crippen molar-refractivity contribution in [3.05, 3.63) is 35.6 Å². The molecule has 0 radical (unpaired) electrons. The first-order chi connectivity index (χ1) is 9.20. The Hall–Kier alpha value is -2.11. The highest BCUT2D eigenvalue weighted by atomic mass is 19.1. The Labute approximate surface area is 117 Å². The molecule has 6 heteroatoms. The molecule has 0 fully saturated rings. The molecule has 0 unspecified atom stereocenters. The highest BCUT2D eigenvalue weighted by Gasteiger charge is 2.32. The quantitative estimate of drug-likeness (QED) is 0.791. The normalized spacial score (nSPS) is 12.6. The lowest BCUT2D eigenvalue weighted by Crippen LogP contribution is -2.52. The number of carbonyl (C=O) groups excluding carboxylic acids is 1. The monoisotopic (exact) mass is 282 g/mol. The summed E-state index contributed by atoms with van der Waals surface area (Å²) >= 11 is 0. The second-order valence-corrected chi connectivity index (χ2v) is 5.59. The molecular weight excluding hydrogens is 263 g/mol. The molecule has 0 aromatic heterocycles. The van der Waals surface area contributed by atoms with Crippen molar-refractivity contribution < 1.29 is 19.1 Å². The van der Waals surface area contributed by atoms with Gasteiger partial charge in [-0.05, 0) is 23.1 Å². The van der Waals surface area contributed by atoms with Crippen LogP contribution in [0.25, 0.3) is 0 Å². The maximum Gasteiger partial charge on any atom is 0.326 e. The van der Waals surface area contributed by atoms with Crippen LogP contribution in [-0.2, 0) is 11.3 Å². The van der Waals surface area contributed by atoms with Crippen LogP contribution < -0.4 is 10.6 Å². The molecule has 3 N–H and O–H groups in total. The molecule has 0 bridgehead atoms. The SMILES string of the molecule is CC(C)(C)[C@H](NC(=O)NCc1ccc(F)cc1)C(=O)O. The first kappa shape index (κ1) is 15.9. The number of carboxylic acids is 1. The summed E-state index contributed by atoms with van der Waals surface area (Å²) in [4.78, 5) is 22.8. The van der Waals surface area contributed by atoms with Crippen molar-refractivity contribution in [2.24, 2.45) is 5.41 Å². The van der Waals surface area contributed by atoms with Crippen LogP contribution in [0.15, 0.2) is 24.3 Å². The van der Waals surface area contributed by atoms with E-state index in [4.69, 9.17) is 5.11 Å². The van der Waals surface area contributed by atoms with E-state index in [2.05, 4.69) is 10.6 Å².